The SMILES string of the molecule is CCOC(=O)[C@@H]1CCCN(C(=O)CSC(C)(C)C)C1. The van der Waals surface area contributed by atoms with E-state index in [9.17, 15) is 9.59 Å². The minimum Gasteiger partial charge on any atom is -0.466 e. The quantitative estimate of drug-likeness (QED) is 0.745. The number of nitrogens with zero attached hydrogens (tertiary/aromatic N) is 1. The van der Waals surface area contributed by atoms with Gasteiger partial charge in [-0.3, -0.25) is 9.59 Å². The van der Waals surface area contributed by atoms with E-state index >= 15 is 0 Å². The topological polar surface area (TPSA) is 46.6 Å². The first kappa shape index (κ1) is 16.3. The van der Waals surface area contributed by atoms with Crippen LogP contribution in [-0.2, 0) is 14.3 Å². The summed E-state index contributed by atoms with van der Waals surface area (Å²) in [6, 6.07) is 0. The number of esters is 1. The van der Waals surface area contributed by atoms with Crippen molar-refractivity contribution < 1.29 is 14.3 Å². The Balaban J connectivity index is 2.45. The minimum atomic E-state index is -0.163. The normalized spacial score (nSPS) is 20.2. The van der Waals surface area contributed by atoms with Crippen LogP contribution in [0.2, 0.25) is 0 Å². The molecule has 0 bridgehead atoms. The number of hydrogen-bond donors (Lipinski definition) is 0. The molecule has 1 heterocycles. The zero-order valence-corrected chi connectivity index (χ0v) is 13.2. The summed E-state index contributed by atoms with van der Waals surface area (Å²) in [7, 11) is 0. The maximum atomic E-state index is 12.1. The molecule has 0 aromatic heterocycles. The van der Waals surface area contributed by atoms with Gasteiger partial charge in [-0.15, -0.1) is 11.8 Å². The summed E-state index contributed by atoms with van der Waals surface area (Å²) >= 11 is 1.65. The molecule has 1 aliphatic heterocycles. The van der Waals surface area contributed by atoms with Crippen molar-refractivity contribution in [1.82, 2.24) is 4.90 Å². The molecule has 0 spiro atoms. The zero-order chi connectivity index (χ0) is 14.5. The molecule has 1 amide bonds. The largest absolute Gasteiger partial charge is 0.466 e. The molecule has 4 nitrogen and oxygen atoms in total. The van der Waals surface area contributed by atoms with Crippen LogP contribution >= 0.6 is 11.8 Å². The van der Waals surface area contributed by atoms with Gasteiger partial charge in [-0.25, -0.2) is 0 Å². The number of carbonyl (C=O) groups is 2. The lowest BCUT2D eigenvalue weighted by molar-refractivity contribution is -0.151. The highest BCUT2D eigenvalue weighted by molar-refractivity contribution is 8.01. The highest BCUT2D eigenvalue weighted by atomic mass is 32.2. The first-order chi connectivity index (χ1) is 8.83. The lowest BCUT2D eigenvalue weighted by Gasteiger charge is -2.32. The number of likely N-dealkylation sites (tertiary alicyclic amines) is 1. The second-order valence-corrected chi connectivity index (χ2v) is 7.63. The minimum absolute atomic E-state index is 0.0893. The fourth-order valence-electron chi connectivity index (χ4n) is 2.03. The molecule has 110 valence electrons. The number of rotatable bonds is 4. The molecule has 0 unspecified atom stereocenters. The van der Waals surface area contributed by atoms with Gasteiger partial charge in [0.05, 0.1) is 18.3 Å². The summed E-state index contributed by atoms with van der Waals surface area (Å²) in [5, 5.41) is 0. The van der Waals surface area contributed by atoms with Crippen LogP contribution in [0.3, 0.4) is 0 Å². The number of amides is 1. The number of hydrogen-bond acceptors (Lipinski definition) is 4. The monoisotopic (exact) mass is 287 g/mol. The zero-order valence-electron chi connectivity index (χ0n) is 12.4. The summed E-state index contributed by atoms with van der Waals surface area (Å²) in [5.41, 5.74) is 0. The van der Waals surface area contributed by atoms with Gasteiger partial charge in [0.15, 0.2) is 0 Å². The van der Waals surface area contributed by atoms with Crippen LogP contribution in [0.1, 0.15) is 40.5 Å². The average molecular weight is 287 g/mol. The van der Waals surface area contributed by atoms with E-state index < -0.39 is 0 Å². The van der Waals surface area contributed by atoms with Crippen molar-refractivity contribution in [3.63, 3.8) is 0 Å². The number of piperidine rings is 1. The smallest absolute Gasteiger partial charge is 0.310 e. The van der Waals surface area contributed by atoms with Crippen molar-refractivity contribution in [2.45, 2.75) is 45.3 Å². The van der Waals surface area contributed by atoms with E-state index in [0.717, 1.165) is 19.4 Å². The van der Waals surface area contributed by atoms with Gasteiger partial charge in [-0.1, -0.05) is 20.8 Å². The van der Waals surface area contributed by atoms with Crippen LogP contribution in [0, 0.1) is 5.92 Å². The first-order valence-corrected chi connectivity index (χ1v) is 7.90. The standard InChI is InChI=1S/C14H25NO3S/c1-5-18-13(17)11-7-6-8-15(9-11)12(16)10-19-14(2,3)4/h11H,5-10H2,1-4H3/t11-/m1/s1. The van der Waals surface area contributed by atoms with Crippen molar-refractivity contribution in [1.29, 1.82) is 0 Å². The fourth-order valence-corrected chi connectivity index (χ4v) is 2.76. The maximum absolute atomic E-state index is 12.1. The van der Waals surface area contributed by atoms with E-state index in [1.165, 1.54) is 0 Å². The van der Waals surface area contributed by atoms with Crippen molar-refractivity contribution in [2.75, 3.05) is 25.4 Å². The van der Waals surface area contributed by atoms with Gasteiger partial charge < -0.3 is 9.64 Å². The van der Waals surface area contributed by atoms with Gasteiger partial charge in [0.25, 0.3) is 0 Å². The van der Waals surface area contributed by atoms with E-state index in [-0.39, 0.29) is 22.5 Å². The van der Waals surface area contributed by atoms with E-state index in [1.54, 1.807) is 11.8 Å². The van der Waals surface area contributed by atoms with E-state index in [1.807, 2.05) is 11.8 Å². The second kappa shape index (κ2) is 7.17. The van der Waals surface area contributed by atoms with Crippen LogP contribution < -0.4 is 0 Å². The Bertz CT molecular complexity index is 325. The summed E-state index contributed by atoms with van der Waals surface area (Å²) in [5.74, 6) is 0.314. The number of thioether (sulfide) groups is 1. The molecule has 0 radical (unpaired) electrons. The first-order valence-electron chi connectivity index (χ1n) is 6.92. The highest BCUT2D eigenvalue weighted by Crippen LogP contribution is 2.25. The molecule has 19 heavy (non-hydrogen) atoms. The summed E-state index contributed by atoms with van der Waals surface area (Å²) in [6.07, 6.45) is 1.71. The lowest BCUT2D eigenvalue weighted by Crippen LogP contribution is -2.43. The van der Waals surface area contributed by atoms with E-state index in [2.05, 4.69) is 20.8 Å². The predicted octanol–water partition coefficient (Wildman–Crippen LogP) is 2.32. The third kappa shape index (κ3) is 5.85. The Hall–Kier alpha value is -0.710. The molecular weight excluding hydrogens is 262 g/mol. The lowest BCUT2D eigenvalue weighted by atomic mass is 9.98. The summed E-state index contributed by atoms with van der Waals surface area (Å²) in [6.45, 7) is 9.79. The predicted molar refractivity (Wildman–Crippen MR) is 78.1 cm³/mol. The molecule has 5 heteroatoms. The van der Waals surface area contributed by atoms with Crippen LogP contribution in [0.15, 0.2) is 0 Å². The molecule has 0 aliphatic carbocycles. The molecule has 1 rings (SSSR count). The van der Waals surface area contributed by atoms with Gasteiger partial charge in [0, 0.05) is 17.8 Å². The Kier molecular flexibility index (Phi) is 6.17. The van der Waals surface area contributed by atoms with Gasteiger partial charge in [0.1, 0.15) is 0 Å². The van der Waals surface area contributed by atoms with Crippen molar-refractivity contribution in [3.05, 3.63) is 0 Å². The molecule has 1 aliphatic rings. The molecular formula is C14H25NO3S. The number of carbonyl (C=O) groups excluding carboxylic acids is 2. The molecule has 0 aromatic rings. The maximum Gasteiger partial charge on any atom is 0.310 e. The second-order valence-electron chi connectivity index (χ2n) is 5.83. The molecule has 1 saturated heterocycles. The Morgan fingerprint density at radius 3 is 2.63 bits per heavy atom. The number of ether oxygens (including phenoxy) is 1. The molecule has 1 fully saturated rings. The average Bonchev–Trinajstić information content (AvgIpc) is 2.35. The highest BCUT2D eigenvalue weighted by Gasteiger charge is 2.29. The van der Waals surface area contributed by atoms with E-state index in [0.29, 0.717) is 18.9 Å². The summed E-state index contributed by atoms with van der Waals surface area (Å²) in [4.78, 5) is 25.7. The van der Waals surface area contributed by atoms with Crippen LogP contribution in [0.5, 0.6) is 0 Å². The van der Waals surface area contributed by atoms with Crippen molar-refractivity contribution >= 4 is 23.6 Å². The van der Waals surface area contributed by atoms with Gasteiger partial charge in [-0.05, 0) is 19.8 Å². The third-order valence-corrected chi connectivity index (χ3v) is 4.28. The Morgan fingerprint density at radius 2 is 2.05 bits per heavy atom. The fraction of sp³-hybridized carbons (Fsp3) is 0.857. The molecule has 0 N–H and O–H groups in total. The van der Waals surface area contributed by atoms with Crippen molar-refractivity contribution in [3.8, 4) is 0 Å². The Labute approximate surface area is 120 Å². The van der Waals surface area contributed by atoms with Crippen molar-refractivity contribution in [2.24, 2.45) is 5.92 Å². The van der Waals surface area contributed by atoms with Crippen LogP contribution in [0.25, 0.3) is 0 Å². The van der Waals surface area contributed by atoms with Crippen LogP contribution in [0.4, 0.5) is 0 Å². The van der Waals surface area contributed by atoms with Crippen LogP contribution in [-0.4, -0.2) is 47.0 Å². The molecule has 1 atom stereocenters. The summed E-state index contributed by atoms with van der Waals surface area (Å²) < 4.78 is 5.13. The Morgan fingerprint density at radius 1 is 1.37 bits per heavy atom. The van der Waals surface area contributed by atoms with Gasteiger partial charge >= 0.3 is 5.97 Å². The third-order valence-electron chi connectivity index (χ3n) is 3.02. The molecule has 0 aromatic carbocycles. The van der Waals surface area contributed by atoms with Gasteiger partial charge in [0.2, 0.25) is 5.91 Å². The van der Waals surface area contributed by atoms with Gasteiger partial charge in [-0.2, -0.15) is 0 Å². The molecule has 0 saturated carbocycles. The van der Waals surface area contributed by atoms with E-state index in [4.69, 9.17) is 4.74 Å².